The van der Waals surface area contributed by atoms with Crippen molar-refractivity contribution in [2.24, 2.45) is 22.2 Å². The molecule has 84 valence electrons. The van der Waals surface area contributed by atoms with Crippen LogP contribution in [-0.4, -0.2) is 12.3 Å². The molecule has 1 aliphatic carbocycles. The Balaban J connectivity index is 2.27. The Kier molecular flexibility index (Phi) is 2.74. The predicted octanol–water partition coefficient (Wildman–Crippen LogP) is 3.85. The zero-order valence-electron chi connectivity index (χ0n) is 10.3. The number of hydrogen-bond acceptors (Lipinski definition) is 1. The number of hydrogen-bond donors (Lipinski definition) is 0. The fourth-order valence-corrected chi connectivity index (χ4v) is 3.57. The monoisotopic (exact) mass is 205 g/mol. The summed E-state index contributed by atoms with van der Waals surface area (Å²) in [7, 11) is 0. The van der Waals surface area contributed by atoms with Crippen molar-refractivity contribution in [3.63, 3.8) is 0 Å². The van der Waals surface area contributed by atoms with Crippen molar-refractivity contribution in [1.29, 1.82) is 0 Å². The molecule has 0 amide bonds. The summed E-state index contributed by atoms with van der Waals surface area (Å²) in [5, 5.41) is 0. The van der Waals surface area contributed by atoms with Crippen LogP contribution in [0.4, 0.5) is 0 Å². The van der Waals surface area contributed by atoms with E-state index in [0.717, 1.165) is 0 Å². The van der Waals surface area contributed by atoms with Gasteiger partial charge in [-0.3, -0.25) is 4.99 Å². The van der Waals surface area contributed by atoms with Gasteiger partial charge in [0.2, 0.25) is 0 Å². The second-order valence-electron chi connectivity index (χ2n) is 5.92. The molecule has 0 saturated heterocycles. The largest absolute Gasteiger partial charge is 0.293 e. The van der Waals surface area contributed by atoms with Crippen molar-refractivity contribution in [2.75, 3.05) is 0 Å². The molecule has 1 unspecified atom stereocenters. The molecule has 15 heavy (non-hydrogen) atoms. The van der Waals surface area contributed by atoms with Crippen LogP contribution < -0.4 is 0 Å². The summed E-state index contributed by atoms with van der Waals surface area (Å²) in [5.41, 5.74) is 1.77. The van der Waals surface area contributed by atoms with Gasteiger partial charge in [0, 0.05) is 12.1 Å². The van der Waals surface area contributed by atoms with E-state index in [2.05, 4.69) is 33.6 Å². The van der Waals surface area contributed by atoms with E-state index in [1.165, 1.54) is 31.3 Å². The second-order valence-corrected chi connectivity index (χ2v) is 5.92. The van der Waals surface area contributed by atoms with Crippen LogP contribution in [0.3, 0.4) is 0 Å². The minimum atomic E-state index is 0.441. The van der Waals surface area contributed by atoms with Crippen LogP contribution in [0.1, 0.15) is 46.5 Å². The maximum absolute atomic E-state index is 4.82. The molecule has 0 aromatic carbocycles. The summed E-state index contributed by atoms with van der Waals surface area (Å²) < 4.78 is 0. The van der Waals surface area contributed by atoms with Crippen molar-refractivity contribution < 1.29 is 0 Å². The molecule has 1 heterocycles. The molecule has 0 bridgehead atoms. The fourth-order valence-electron chi connectivity index (χ4n) is 3.57. The van der Waals surface area contributed by atoms with Gasteiger partial charge in [0.25, 0.3) is 0 Å². The molecule has 4 atom stereocenters. The Labute approximate surface area is 93.7 Å². The molecular weight excluding hydrogens is 182 g/mol. The maximum Gasteiger partial charge on any atom is 0.0614 e. The van der Waals surface area contributed by atoms with Crippen molar-refractivity contribution >= 4 is 6.21 Å². The minimum absolute atomic E-state index is 0.441. The third kappa shape index (κ3) is 1.89. The van der Waals surface area contributed by atoms with Crippen molar-refractivity contribution in [1.82, 2.24) is 0 Å². The van der Waals surface area contributed by atoms with Crippen LogP contribution in [0, 0.1) is 17.3 Å². The smallest absolute Gasteiger partial charge is 0.0614 e. The van der Waals surface area contributed by atoms with Gasteiger partial charge in [-0.2, -0.15) is 0 Å². The fraction of sp³-hybridized carbons (Fsp3) is 0.786. The highest BCUT2D eigenvalue weighted by molar-refractivity contribution is 5.62. The summed E-state index contributed by atoms with van der Waals surface area (Å²) in [5.74, 6) is 1.29. The van der Waals surface area contributed by atoms with Gasteiger partial charge in [-0.1, -0.05) is 32.4 Å². The summed E-state index contributed by atoms with van der Waals surface area (Å²) in [6.45, 7) is 11.0. The summed E-state index contributed by atoms with van der Waals surface area (Å²) in [6, 6.07) is 0.514. The van der Waals surface area contributed by atoms with E-state index in [9.17, 15) is 0 Å². The molecule has 0 radical (unpaired) electrons. The van der Waals surface area contributed by atoms with E-state index in [1.54, 1.807) is 0 Å². The van der Waals surface area contributed by atoms with Gasteiger partial charge in [0.05, 0.1) is 6.04 Å². The average molecular weight is 205 g/mol. The van der Waals surface area contributed by atoms with Gasteiger partial charge in [-0.25, -0.2) is 0 Å². The Hall–Kier alpha value is -0.590. The van der Waals surface area contributed by atoms with E-state index in [4.69, 9.17) is 4.99 Å². The first-order chi connectivity index (χ1) is 7.03. The van der Waals surface area contributed by atoms with E-state index in [1.807, 2.05) is 0 Å². The zero-order valence-corrected chi connectivity index (χ0v) is 10.3. The Morgan fingerprint density at radius 2 is 2.27 bits per heavy atom. The molecule has 1 aliphatic heterocycles. The average Bonchev–Trinajstić information content (AvgIpc) is 2.14. The number of aliphatic imine (C=N–C) groups is 1. The van der Waals surface area contributed by atoms with Gasteiger partial charge < -0.3 is 0 Å². The molecule has 1 saturated carbocycles. The third-order valence-electron chi connectivity index (χ3n) is 4.28. The van der Waals surface area contributed by atoms with Crippen LogP contribution in [0.25, 0.3) is 0 Å². The molecular formula is C14H23N. The number of nitrogens with zero attached hydrogens (tertiary/aromatic N) is 1. The topological polar surface area (TPSA) is 12.4 Å². The van der Waals surface area contributed by atoms with Gasteiger partial charge in [0.15, 0.2) is 0 Å². The van der Waals surface area contributed by atoms with E-state index in [0.29, 0.717) is 23.3 Å². The van der Waals surface area contributed by atoms with E-state index in [-0.39, 0.29) is 0 Å². The Bertz CT molecular complexity index is 292. The van der Waals surface area contributed by atoms with Crippen LogP contribution in [0.2, 0.25) is 0 Å². The van der Waals surface area contributed by atoms with Gasteiger partial charge in [-0.05, 0) is 37.5 Å². The van der Waals surface area contributed by atoms with Crippen molar-refractivity contribution in [2.45, 2.75) is 52.5 Å². The molecule has 0 spiro atoms. The molecule has 0 aromatic rings. The van der Waals surface area contributed by atoms with E-state index < -0.39 is 0 Å². The molecule has 1 fully saturated rings. The molecule has 0 N–H and O–H groups in total. The van der Waals surface area contributed by atoms with Crippen molar-refractivity contribution in [3.8, 4) is 0 Å². The van der Waals surface area contributed by atoms with Gasteiger partial charge >= 0.3 is 0 Å². The number of fused-ring (bicyclic) bond motifs is 1. The third-order valence-corrected chi connectivity index (χ3v) is 4.28. The summed E-state index contributed by atoms with van der Waals surface area (Å²) in [6.07, 6.45) is 7.48. The molecule has 1 nitrogen and oxygen atoms in total. The Morgan fingerprint density at radius 3 is 2.93 bits per heavy atom. The molecule has 2 aliphatic rings. The lowest BCUT2D eigenvalue weighted by molar-refractivity contribution is 0.109. The minimum Gasteiger partial charge on any atom is -0.293 e. The molecule has 2 rings (SSSR count). The Morgan fingerprint density at radius 1 is 1.53 bits per heavy atom. The first kappa shape index (κ1) is 10.9. The van der Waals surface area contributed by atoms with Crippen LogP contribution in [0.5, 0.6) is 0 Å². The zero-order chi connectivity index (χ0) is 11.1. The van der Waals surface area contributed by atoms with Crippen LogP contribution >= 0.6 is 0 Å². The summed E-state index contributed by atoms with van der Waals surface area (Å²) >= 11 is 0. The lowest BCUT2D eigenvalue weighted by atomic mass is 9.61. The van der Waals surface area contributed by atoms with Gasteiger partial charge in [-0.15, -0.1) is 0 Å². The highest BCUT2D eigenvalue weighted by atomic mass is 14.9. The lowest BCUT2D eigenvalue weighted by Crippen LogP contribution is -2.44. The standard InChI is InChI=1S/C14H23N/c1-10(2)12-6-5-7-14(4)8-11(3)9-15-13(12)14/h9,11-13H,1,5-8H2,2-4H3/t11?,12-,13-,14-/m1/s1. The summed E-state index contributed by atoms with van der Waals surface area (Å²) in [4.78, 5) is 4.82. The first-order valence-electron chi connectivity index (χ1n) is 6.21. The quantitative estimate of drug-likeness (QED) is 0.577. The maximum atomic E-state index is 4.82. The van der Waals surface area contributed by atoms with E-state index >= 15 is 0 Å². The normalized spacial score (nSPS) is 44.9. The molecule has 0 aromatic heterocycles. The van der Waals surface area contributed by atoms with Gasteiger partial charge in [0.1, 0.15) is 0 Å². The molecule has 1 heteroatoms. The lowest BCUT2D eigenvalue weighted by Gasteiger charge is -2.47. The highest BCUT2D eigenvalue weighted by Gasteiger charge is 2.44. The highest BCUT2D eigenvalue weighted by Crippen LogP contribution is 2.48. The van der Waals surface area contributed by atoms with Crippen LogP contribution in [-0.2, 0) is 0 Å². The first-order valence-corrected chi connectivity index (χ1v) is 6.21. The second kappa shape index (κ2) is 3.77. The number of rotatable bonds is 1. The van der Waals surface area contributed by atoms with Crippen LogP contribution in [0.15, 0.2) is 17.1 Å². The predicted molar refractivity (Wildman–Crippen MR) is 66.3 cm³/mol. The SMILES string of the molecule is C=C(C)[C@H]1CCC[C@]2(C)CC(C)C=N[C@H]12. The van der Waals surface area contributed by atoms with Crippen molar-refractivity contribution in [3.05, 3.63) is 12.2 Å².